The molecule has 2 fully saturated rings. The van der Waals surface area contributed by atoms with Crippen LogP contribution in [-0.2, 0) is 11.3 Å². The number of benzene rings is 1. The Hall–Kier alpha value is -2.44. The van der Waals surface area contributed by atoms with Gasteiger partial charge in [-0.1, -0.05) is 32.3 Å². The summed E-state index contributed by atoms with van der Waals surface area (Å²) >= 11 is 0. The van der Waals surface area contributed by atoms with Gasteiger partial charge in [-0.3, -0.25) is 9.79 Å². The summed E-state index contributed by atoms with van der Waals surface area (Å²) in [6.07, 6.45) is 7.69. The van der Waals surface area contributed by atoms with Gasteiger partial charge >= 0.3 is 0 Å². The van der Waals surface area contributed by atoms with E-state index in [2.05, 4.69) is 22.5 Å². The molecule has 7 nitrogen and oxygen atoms in total. The van der Waals surface area contributed by atoms with Crippen LogP contribution in [0.5, 0.6) is 11.5 Å². The van der Waals surface area contributed by atoms with Crippen molar-refractivity contribution in [2.45, 2.75) is 64.5 Å². The maximum absolute atomic E-state index is 12.8. The molecule has 0 aromatic heterocycles. The third-order valence-corrected chi connectivity index (χ3v) is 6.17. The lowest BCUT2D eigenvalue weighted by Gasteiger charge is -2.26. The summed E-state index contributed by atoms with van der Waals surface area (Å²) in [6, 6.07) is 6.21. The van der Waals surface area contributed by atoms with Gasteiger partial charge in [0.05, 0.1) is 13.7 Å². The number of guanidine groups is 1. The fraction of sp³-hybridized carbons (Fsp3) is 0.667. The summed E-state index contributed by atoms with van der Waals surface area (Å²) < 4.78 is 11.2. The molecule has 1 aromatic carbocycles. The Kier molecular flexibility index (Phi) is 8.85. The van der Waals surface area contributed by atoms with Crippen molar-refractivity contribution in [3.63, 3.8) is 0 Å². The molecule has 7 heteroatoms. The van der Waals surface area contributed by atoms with Gasteiger partial charge in [0.2, 0.25) is 5.91 Å². The van der Waals surface area contributed by atoms with E-state index >= 15 is 0 Å². The predicted molar refractivity (Wildman–Crippen MR) is 124 cm³/mol. The number of carbonyl (C=O) groups is 1. The van der Waals surface area contributed by atoms with Gasteiger partial charge < -0.3 is 25.0 Å². The minimum absolute atomic E-state index is 0.234. The lowest BCUT2D eigenvalue weighted by atomic mass is 9.88. The van der Waals surface area contributed by atoms with Crippen molar-refractivity contribution >= 4 is 11.9 Å². The molecular formula is C24H38N4O3. The van der Waals surface area contributed by atoms with Crippen LogP contribution in [-0.4, -0.2) is 56.7 Å². The first-order chi connectivity index (χ1) is 15.1. The van der Waals surface area contributed by atoms with Gasteiger partial charge in [0.15, 0.2) is 17.5 Å². The normalized spacial score (nSPS) is 19.9. The van der Waals surface area contributed by atoms with Crippen LogP contribution in [0.4, 0.5) is 0 Å². The molecule has 1 heterocycles. The Balaban J connectivity index is 1.48. The molecule has 1 saturated heterocycles. The first-order valence-corrected chi connectivity index (χ1v) is 11.7. The van der Waals surface area contributed by atoms with Crippen molar-refractivity contribution in [3.05, 3.63) is 23.8 Å². The highest BCUT2D eigenvalue weighted by atomic mass is 16.5. The molecule has 1 aromatic rings. The summed E-state index contributed by atoms with van der Waals surface area (Å²) in [6.45, 7) is 4.97. The first kappa shape index (κ1) is 23.2. The summed E-state index contributed by atoms with van der Waals surface area (Å²) in [7, 11) is 3.43. The molecular weight excluding hydrogens is 392 g/mol. The Morgan fingerprint density at radius 2 is 2.00 bits per heavy atom. The smallest absolute Gasteiger partial charge is 0.225 e. The lowest BCUT2D eigenvalue weighted by molar-refractivity contribution is -0.135. The maximum Gasteiger partial charge on any atom is 0.225 e. The van der Waals surface area contributed by atoms with Gasteiger partial charge in [-0.25, -0.2) is 0 Å². The highest BCUT2D eigenvalue weighted by Crippen LogP contribution is 2.28. The number of rotatable bonds is 8. The third kappa shape index (κ3) is 6.52. The third-order valence-electron chi connectivity index (χ3n) is 6.17. The summed E-state index contributed by atoms with van der Waals surface area (Å²) in [5, 5.41) is 6.85. The van der Waals surface area contributed by atoms with E-state index in [-0.39, 0.29) is 12.0 Å². The largest absolute Gasteiger partial charge is 0.493 e. The molecule has 0 radical (unpaired) electrons. The van der Waals surface area contributed by atoms with Crippen molar-refractivity contribution in [1.82, 2.24) is 15.5 Å². The summed E-state index contributed by atoms with van der Waals surface area (Å²) in [5.74, 6) is 2.85. The number of hydrogen-bond acceptors (Lipinski definition) is 4. The molecule has 2 N–H and O–H groups in total. The Labute approximate surface area is 186 Å². The van der Waals surface area contributed by atoms with Crippen LogP contribution in [0.2, 0.25) is 0 Å². The lowest BCUT2D eigenvalue weighted by Crippen LogP contribution is -2.45. The molecule has 1 aliphatic carbocycles. The first-order valence-electron chi connectivity index (χ1n) is 11.7. The van der Waals surface area contributed by atoms with E-state index in [1.54, 1.807) is 14.2 Å². The van der Waals surface area contributed by atoms with E-state index in [1.807, 2.05) is 23.1 Å². The molecule has 1 atom stereocenters. The molecule has 172 valence electrons. The van der Waals surface area contributed by atoms with E-state index in [4.69, 9.17) is 9.47 Å². The van der Waals surface area contributed by atoms with Crippen LogP contribution < -0.4 is 20.1 Å². The number of nitrogens with zero attached hydrogens (tertiary/aromatic N) is 2. The molecule has 3 rings (SSSR count). The van der Waals surface area contributed by atoms with Gasteiger partial charge in [0.1, 0.15) is 0 Å². The van der Waals surface area contributed by atoms with Crippen LogP contribution in [0.15, 0.2) is 23.2 Å². The second kappa shape index (κ2) is 11.8. The standard InChI is InChI=1S/C24H38N4O3/c1-4-14-31-21-11-10-18(15-22(21)30-3)16-26-24(25-2)27-20-12-13-28(17-20)23(29)19-8-6-5-7-9-19/h10-11,15,19-20H,4-9,12-14,16-17H2,1-3H3,(H2,25,26,27). The van der Waals surface area contributed by atoms with Gasteiger partial charge in [-0.15, -0.1) is 0 Å². The molecule has 0 bridgehead atoms. The molecule has 1 unspecified atom stereocenters. The molecule has 1 saturated carbocycles. The number of carbonyl (C=O) groups excluding carboxylic acids is 1. The van der Waals surface area contributed by atoms with Gasteiger partial charge in [-0.05, 0) is 43.4 Å². The second-order valence-electron chi connectivity index (χ2n) is 8.51. The SMILES string of the molecule is CCCOc1ccc(CNC(=NC)NC2CCN(C(=O)C3CCCCC3)C2)cc1OC. The summed E-state index contributed by atoms with van der Waals surface area (Å²) in [4.78, 5) is 19.2. The number of likely N-dealkylation sites (tertiary alicyclic amines) is 1. The highest BCUT2D eigenvalue weighted by molar-refractivity contribution is 5.81. The number of amides is 1. The van der Waals surface area contributed by atoms with Crippen LogP contribution >= 0.6 is 0 Å². The number of aliphatic imine (C=N–C) groups is 1. The van der Waals surface area contributed by atoms with Gasteiger partial charge in [0.25, 0.3) is 0 Å². The van der Waals surface area contributed by atoms with Gasteiger partial charge in [0, 0.05) is 38.6 Å². The second-order valence-corrected chi connectivity index (χ2v) is 8.51. The maximum atomic E-state index is 12.8. The quantitative estimate of drug-likeness (QED) is 0.489. The topological polar surface area (TPSA) is 75.2 Å². The van der Waals surface area contributed by atoms with E-state index in [9.17, 15) is 4.79 Å². The average Bonchev–Trinajstić information content (AvgIpc) is 3.29. The monoisotopic (exact) mass is 430 g/mol. The number of ether oxygens (including phenoxy) is 2. The number of nitrogens with one attached hydrogen (secondary N) is 2. The van der Waals surface area contributed by atoms with E-state index in [1.165, 1.54) is 19.3 Å². The van der Waals surface area contributed by atoms with Crippen molar-refractivity contribution in [2.24, 2.45) is 10.9 Å². The van der Waals surface area contributed by atoms with Crippen LogP contribution in [0.1, 0.15) is 57.4 Å². The van der Waals surface area contributed by atoms with Crippen molar-refractivity contribution in [3.8, 4) is 11.5 Å². The fourth-order valence-electron chi connectivity index (χ4n) is 4.41. The molecule has 1 amide bonds. The van der Waals surface area contributed by atoms with Crippen LogP contribution in [0.3, 0.4) is 0 Å². The number of methoxy groups -OCH3 is 1. The Morgan fingerprint density at radius 1 is 1.19 bits per heavy atom. The molecule has 0 spiro atoms. The van der Waals surface area contributed by atoms with Crippen molar-refractivity contribution in [2.75, 3.05) is 33.9 Å². The minimum Gasteiger partial charge on any atom is -0.493 e. The van der Waals surface area contributed by atoms with Gasteiger partial charge in [-0.2, -0.15) is 0 Å². The van der Waals surface area contributed by atoms with Crippen molar-refractivity contribution < 1.29 is 14.3 Å². The summed E-state index contributed by atoms with van der Waals surface area (Å²) in [5.41, 5.74) is 1.09. The van der Waals surface area contributed by atoms with Crippen LogP contribution in [0.25, 0.3) is 0 Å². The highest BCUT2D eigenvalue weighted by Gasteiger charge is 2.31. The molecule has 31 heavy (non-hydrogen) atoms. The molecule has 1 aliphatic heterocycles. The Morgan fingerprint density at radius 3 is 2.71 bits per heavy atom. The van der Waals surface area contributed by atoms with E-state index in [0.717, 1.165) is 61.8 Å². The molecule has 2 aliphatic rings. The average molecular weight is 431 g/mol. The Bertz CT molecular complexity index is 746. The zero-order valence-electron chi connectivity index (χ0n) is 19.3. The zero-order chi connectivity index (χ0) is 22.1. The van der Waals surface area contributed by atoms with Crippen LogP contribution in [0, 0.1) is 5.92 Å². The van der Waals surface area contributed by atoms with E-state index < -0.39 is 0 Å². The minimum atomic E-state index is 0.234. The fourth-order valence-corrected chi connectivity index (χ4v) is 4.41. The number of hydrogen-bond donors (Lipinski definition) is 2. The zero-order valence-corrected chi connectivity index (χ0v) is 19.3. The predicted octanol–water partition coefficient (Wildman–Crippen LogP) is 3.33. The van der Waals surface area contributed by atoms with Crippen molar-refractivity contribution in [1.29, 1.82) is 0 Å². The van der Waals surface area contributed by atoms with E-state index in [0.29, 0.717) is 19.1 Å².